The van der Waals surface area contributed by atoms with Gasteiger partial charge in [-0.1, -0.05) is 23.7 Å². The summed E-state index contributed by atoms with van der Waals surface area (Å²) >= 11 is 5.78. The van der Waals surface area contributed by atoms with Crippen molar-refractivity contribution >= 4 is 29.6 Å². The first-order valence-electron chi connectivity index (χ1n) is 7.37. The SMILES string of the molecule is O=C(NCc1ccc(Cl)cc1)C(=O)N/N=C\c1ccc2c(c1)OCO2. The molecule has 1 aliphatic heterocycles. The topological polar surface area (TPSA) is 89.0 Å². The molecule has 7 nitrogen and oxygen atoms in total. The molecule has 0 radical (unpaired) electrons. The van der Waals surface area contributed by atoms with E-state index in [4.69, 9.17) is 21.1 Å². The summed E-state index contributed by atoms with van der Waals surface area (Å²) in [5, 5.41) is 6.85. The lowest BCUT2D eigenvalue weighted by molar-refractivity contribution is -0.139. The number of halogens is 1. The van der Waals surface area contributed by atoms with Gasteiger partial charge in [0.2, 0.25) is 6.79 Å². The quantitative estimate of drug-likeness (QED) is 0.495. The molecule has 8 heteroatoms. The second-order valence-corrected chi connectivity index (χ2v) is 5.56. The zero-order chi connectivity index (χ0) is 17.6. The molecule has 1 heterocycles. The largest absolute Gasteiger partial charge is 0.454 e. The van der Waals surface area contributed by atoms with E-state index in [1.54, 1.807) is 42.5 Å². The second kappa shape index (κ2) is 7.67. The van der Waals surface area contributed by atoms with Crippen LogP contribution in [0.2, 0.25) is 5.02 Å². The molecule has 1 aliphatic rings. The van der Waals surface area contributed by atoms with Crippen LogP contribution in [0.4, 0.5) is 0 Å². The van der Waals surface area contributed by atoms with Gasteiger partial charge in [-0.3, -0.25) is 9.59 Å². The number of hydrogen-bond donors (Lipinski definition) is 2. The van der Waals surface area contributed by atoms with Crippen molar-refractivity contribution in [2.24, 2.45) is 5.10 Å². The van der Waals surface area contributed by atoms with Crippen LogP contribution < -0.4 is 20.2 Å². The van der Waals surface area contributed by atoms with Crippen molar-refractivity contribution in [3.05, 3.63) is 58.6 Å². The van der Waals surface area contributed by atoms with Gasteiger partial charge in [-0.25, -0.2) is 5.43 Å². The van der Waals surface area contributed by atoms with Crippen molar-refractivity contribution in [3.63, 3.8) is 0 Å². The van der Waals surface area contributed by atoms with Crippen molar-refractivity contribution < 1.29 is 19.1 Å². The summed E-state index contributed by atoms with van der Waals surface area (Å²) in [6.45, 7) is 0.399. The van der Waals surface area contributed by atoms with Gasteiger partial charge in [0.25, 0.3) is 0 Å². The molecule has 0 saturated heterocycles. The lowest BCUT2D eigenvalue weighted by Crippen LogP contribution is -2.37. The number of hydrogen-bond acceptors (Lipinski definition) is 5. The van der Waals surface area contributed by atoms with Crippen LogP contribution >= 0.6 is 11.6 Å². The third kappa shape index (κ3) is 4.48. The molecule has 25 heavy (non-hydrogen) atoms. The molecule has 0 aliphatic carbocycles. The van der Waals surface area contributed by atoms with Crippen LogP contribution in [0.5, 0.6) is 11.5 Å². The molecule has 3 rings (SSSR count). The number of amides is 2. The Labute approximate surface area is 148 Å². The van der Waals surface area contributed by atoms with E-state index in [1.807, 2.05) is 0 Å². The molecule has 2 amide bonds. The van der Waals surface area contributed by atoms with E-state index in [9.17, 15) is 9.59 Å². The Hall–Kier alpha value is -3.06. The highest BCUT2D eigenvalue weighted by Gasteiger charge is 2.13. The highest BCUT2D eigenvalue weighted by Crippen LogP contribution is 2.31. The van der Waals surface area contributed by atoms with Gasteiger partial charge in [-0.15, -0.1) is 0 Å². The van der Waals surface area contributed by atoms with Gasteiger partial charge in [0.05, 0.1) is 6.21 Å². The first-order chi connectivity index (χ1) is 12.1. The summed E-state index contributed by atoms with van der Waals surface area (Å²) < 4.78 is 10.4. The van der Waals surface area contributed by atoms with Crippen LogP contribution in [0.1, 0.15) is 11.1 Å². The van der Waals surface area contributed by atoms with Gasteiger partial charge < -0.3 is 14.8 Å². The smallest absolute Gasteiger partial charge is 0.329 e. The van der Waals surface area contributed by atoms with Crippen LogP contribution in [0.25, 0.3) is 0 Å². The average molecular weight is 360 g/mol. The Balaban J connectivity index is 1.48. The minimum absolute atomic E-state index is 0.181. The van der Waals surface area contributed by atoms with E-state index < -0.39 is 11.8 Å². The molecule has 2 aromatic rings. The number of nitrogens with one attached hydrogen (secondary N) is 2. The van der Waals surface area contributed by atoms with E-state index in [-0.39, 0.29) is 13.3 Å². The van der Waals surface area contributed by atoms with E-state index >= 15 is 0 Å². The summed E-state index contributed by atoms with van der Waals surface area (Å²) in [6.07, 6.45) is 1.41. The van der Waals surface area contributed by atoms with Gasteiger partial charge in [0.15, 0.2) is 11.5 Å². The molecular formula is C17H14ClN3O4. The van der Waals surface area contributed by atoms with Gasteiger partial charge in [0, 0.05) is 11.6 Å². The number of benzene rings is 2. The van der Waals surface area contributed by atoms with Crippen molar-refractivity contribution in [1.82, 2.24) is 10.7 Å². The Kier molecular flexibility index (Phi) is 5.15. The summed E-state index contributed by atoms with van der Waals surface area (Å²) in [5.41, 5.74) is 3.70. The highest BCUT2D eigenvalue weighted by atomic mass is 35.5. The van der Waals surface area contributed by atoms with Gasteiger partial charge in [-0.05, 0) is 41.5 Å². The number of carbonyl (C=O) groups excluding carboxylic acids is 2. The van der Waals surface area contributed by atoms with Crippen LogP contribution in [-0.4, -0.2) is 24.8 Å². The molecule has 0 fully saturated rings. The van der Waals surface area contributed by atoms with Crippen LogP contribution in [0, 0.1) is 0 Å². The van der Waals surface area contributed by atoms with Crippen molar-refractivity contribution in [2.75, 3.05) is 6.79 Å². The summed E-state index contributed by atoms with van der Waals surface area (Å²) in [7, 11) is 0. The maximum atomic E-state index is 11.7. The zero-order valence-electron chi connectivity index (χ0n) is 13.0. The molecule has 0 unspecified atom stereocenters. The van der Waals surface area contributed by atoms with E-state index in [0.717, 1.165) is 5.56 Å². The van der Waals surface area contributed by atoms with Crippen LogP contribution in [0.3, 0.4) is 0 Å². The van der Waals surface area contributed by atoms with Crippen LogP contribution in [0.15, 0.2) is 47.6 Å². The minimum Gasteiger partial charge on any atom is -0.454 e. The number of hydrazone groups is 1. The van der Waals surface area contributed by atoms with E-state index in [0.29, 0.717) is 22.1 Å². The highest BCUT2D eigenvalue weighted by molar-refractivity contribution is 6.35. The standard InChI is InChI=1S/C17H14ClN3O4/c18-13-4-1-11(2-5-13)8-19-16(22)17(23)21-20-9-12-3-6-14-15(7-12)25-10-24-14/h1-7,9H,8,10H2,(H,19,22)(H,21,23)/b20-9-. The first kappa shape index (κ1) is 16.8. The Morgan fingerprint density at radius 3 is 2.64 bits per heavy atom. The maximum absolute atomic E-state index is 11.7. The molecule has 128 valence electrons. The molecule has 0 atom stereocenters. The van der Waals surface area contributed by atoms with Crippen molar-refractivity contribution in [1.29, 1.82) is 0 Å². The second-order valence-electron chi connectivity index (χ2n) is 5.12. The third-order valence-corrected chi connectivity index (χ3v) is 3.60. The summed E-state index contributed by atoms with van der Waals surface area (Å²) in [6, 6.07) is 12.2. The Morgan fingerprint density at radius 1 is 1.08 bits per heavy atom. The maximum Gasteiger partial charge on any atom is 0.329 e. The molecule has 2 aromatic carbocycles. The minimum atomic E-state index is -0.856. The summed E-state index contributed by atoms with van der Waals surface area (Å²) in [4.78, 5) is 23.4. The molecule has 0 saturated carbocycles. The predicted octanol–water partition coefficient (Wildman–Crippen LogP) is 1.84. The number of rotatable bonds is 4. The van der Waals surface area contributed by atoms with Crippen molar-refractivity contribution in [2.45, 2.75) is 6.54 Å². The van der Waals surface area contributed by atoms with Crippen LogP contribution in [-0.2, 0) is 16.1 Å². The fourth-order valence-corrected chi connectivity index (χ4v) is 2.20. The number of ether oxygens (including phenoxy) is 2. The normalized spacial score (nSPS) is 12.2. The summed E-state index contributed by atoms with van der Waals surface area (Å²) in [5.74, 6) is -0.373. The third-order valence-electron chi connectivity index (χ3n) is 3.35. The number of fused-ring (bicyclic) bond motifs is 1. The van der Waals surface area contributed by atoms with Gasteiger partial charge in [-0.2, -0.15) is 5.10 Å². The molecule has 2 N–H and O–H groups in total. The first-order valence-corrected chi connectivity index (χ1v) is 7.75. The van der Waals surface area contributed by atoms with E-state index in [1.165, 1.54) is 6.21 Å². The molecular weight excluding hydrogens is 346 g/mol. The molecule has 0 aromatic heterocycles. The molecule has 0 bridgehead atoms. The average Bonchev–Trinajstić information content (AvgIpc) is 3.08. The Morgan fingerprint density at radius 2 is 1.84 bits per heavy atom. The predicted molar refractivity (Wildman–Crippen MR) is 91.6 cm³/mol. The van der Waals surface area contributed by atoms with E-state index in [2.05, 4.69) is 15.8 Å². The fourth-order valence-electron chi connectivity index (χ4n) is 2.07. The fraction of sp³-hybridized carbons (Fsp3) is 0.118. The van der Waals surface area contributed by atoms with Gasteiger partial charge >= 0.3 is 11.8 Å². The van der Waals surface area contributed by atoms with Gasteiger partial charge in [0.1, 0.15) is 0 Å². The lowest BCUT2D eigenvalue weighted by Gasteiger charge is -2.04. The number of nitrogens with zero attached hydrogens (tertiary/aromatic N) is 1. The number of carbonyl (C=O) groups is 2. The molecule has 0 spiro atoms. The lowest BCUT2D eigenvalue weighted by atomic mass is 10.2. The monoisotopic (exact) mass is 359 g/mol. The zero-order valence-corrected chi connectivity index (χ0v) is 13.7. The van der Waals surface area contributed by atoms with Crippen molar-refractivity contribution in [3.8, 4) is 11.5 Å². The Bertz CT molecular complexity index is 821.